The molecular formula is C25H34O2U. The molecule has 0 aliphatic rings. The van der Waals surface area contributed by atoms with E-state index in [1.807, 2.05) is 25.1 Å². The maximum absolute atomic E-state index is 11.7. The van der Waals surface area contributed by atoms with Gasteiger partial charge in [-0.25, -0.2) is 0 Å². The smallest absolute Gasteiger partial charge is 0.489 e. The normalized spacial score (nSPS) is 9.75. The molecule has 0 heterocycles. The van der Waals surface area contributed by atoms with Gasteiger partial charge < -0.3 is 18.6 Å². The average Bonchev–Trinajstić information content (AvgIpc) is 2.67. The number of benzene rings is 2. The number of carbonyl (C=O) groups is 1. The third-order valence-corrected chi connectivity index (χ3v) is 4.25. The minimum absolute atomic E-state index is 0. The van der Waals surface area contributed by atoms with E-state index >= 15 is 0 Å². The molecule has 0 bridgehead atoms. The predicted molar refractivity (Wildman–Crippen MR) is 115 cm³/mol. The molecule has 0 amide bonds. The van der Waals surface area contributed by atoms with E-state index in [0.29, 0.717) is 6.61 Å². The average molecular weight is 605 g/mol. The van der Waals surface area contributed by atoms with Crippen molar-refractivity contribution in [2.45, 2.75) is 65.9 Å². The second-order valence-corrected chi connectivity index (χ2v) is 6.61. The van der Waals surface area contributed by atoms with Gasteiger partial charge in [-0.1, -0.05) is 63.1 Å². The van der Waals surface area contributed by atoms with Gasteiger partial charge in [-0.15, -0.1) is 0 Å². The third kappa shape index (κ3) is 9.44. The van der Waals surface area contributed by atoms with Crippen LogP contribution in [-0.4, -0.2) is 5.78 Å². The standard InChI is InChI=1S/C22H27O2.C3H7.U/c1-4-6-7-9-18-12-14-19(15-13-18)16-24-22-11-8-10-21(17(3)23)20(22)5-2;1-3-2;/h8,10-15H,1,4-7,9,16H2,2-3H3;1,3H2,2H3;/q2*-1;+2. The van der Waals surface area contributed by atoms with E-state index in [4.69, 9.17) is 4.74 Å². The summed E-state index contributed by atoms with van der Waals surface area (Å²) in [6, 6.07) is 14.3. The van der Waals surface area contributed by atoms with Gasteiger partial charge in [0.25, 0.3) is 0 Å². The Kier molecular flexibility index (Phi) is 15.2. The van der Waals surface area contributed by atoms with Crippen LogP contribution in [-0.2, 0) is 19.4 Å². The van der Waals surface area contributed by atoms with E-state index in [2.05, 4.69) is 45.0 Å². The Hall–Kier alpha value is -1.04. The SMILES string of the molecule is [CH2-]CC.[CH2-]CCCCc1ccc(COc2cccc(C(C)=O)c2CC)cc1.[U+2]. The summed E-state index contributed by atoms with van der Waals surface area (Å²) in [5, 5.41) is 0. The molecule has 0 aliphatic carbocycles. The number of hydrogen-bond donors (Lipinski definition) is 0. The minimum Gasteiger partial charge on any atom is -0.489 e. The molecule has 0 aromatic heterocycles. The van der Waals surface area contributed by atoms with Crippen LogP contribution >= 0.6 is 0 Å². The van der Waals surface area contributed by atoms with Crippen LogP contribution in [0, 0.1) is 45.0 Å². The predicted octanol–water partition coefficient (Wildman–Crippen LogP) is 6.81. The maximum atomic E-state index is 11.7. The van der Waals surface area contributed by atoms with Crippen LogP contribution < -0.4 is 4.74 Å². The molecule has 2 nitrogen and oxygen atoms in total. The van der Waals surface area contributed by atoms with Crippen molar-refractivity contribution in [3.63, 3.8) is 0 Å². The van der Waals surface area contributed by atoms with Crippen LogP contribution in [0.4, 0.5) is 0 Å². The molecule has 2 aromatic carbocycles. The second-order valence-electron chi connectivity index (χ2n) is 6.61. The number of aryl methyl sites for hydroxylation is 1. The molecule has 0 saturated heterocycles. The Labute approximate surface area is 195 Å². The zero-order valence-electron chi connectivity index (χ0n) is 17.7. The van der Waals surface area contributed by atoms with Crippen molar-refractivity contribution in [1.82, 2.24) is 0 Å². The molecule has 0 aliphatic heterocycles. The molecule has 0 fully saturated rings. The first-order chi connectivity index (χ1) is 13.1. The number of hydrogen-bond acceptors (Lipinski definition) is 2. The first-order valence-electron chi connectivity index (χ1n) is 9.99. The zero-order valence-corrected chi connectivity index (χ0v) is 21.9. The van der Waals surface area contributed by atoms with Crippen molar-refractivity contribution < 1.29 is 40.6 Å². The Morgan fingerprint density at radius 1 is 0.964 bits per heavy atom. The van der Waals surface area contributed by atoms with Crippen molar-refractivity contribution in [3.05, 3.63) is 78.6 Å². The second kappa shape index (κ2) is 15.8. The van der Waals surface area contributed by atoms with Gasteiger partial charge in [0.2, 0.25) is 0 Å². The topological polar surface area (TPSA) is 26.3 Å². The Balaban J connectivity index is 0.00000171. The molecule has 150 valence electrons. The van der Waals surface area contributed by atoms with Crippen LogP contribution in [0.1, 0.15) is 73.5 Å². The number of unbranched alkanes of at least 4 members (excludes halogenated alkanes) is 2. The molecule has 0 spiro atoms. The monoisotopic (exact) mass is 604 g/mol. The molecule has 2 aromatic rings. The molecule has 2 rings (SSSR count). The van der Waals surface area contributed by atoms with E-state index in [1.165, 1.54) is 18.4 Å². The fourth-order valence-electron chi connectivity index (χ4n) is 2.86. The first kappa shape index (κ1) is 27.0. The summed E-state index contributed by atoms with van der Waals surface area (Å²) in [5.74, 6) is 0.897. The van der Waals surface area contributed by atoms with E-state index in [9.17, 15) is 4.79 Å². The summed E-state index contributed by atoms with van der Waals surface area (Å²) < 4.78 is 5.98. The maximum Gasteiger partial charge on any atom is 2.00 e. The molecule has 0 saturated carbocycles. The number of rotatable bonds is 9. The fraction of sp³-hybridized carbons (Fsp3) is 0.400. The van der Waals surface area contributed by atoms with Gasteiger partial charge in [-0.3, -0.25) is 4.79 Å². The van der Waals surface area contributed by atoms with Crippen LogP contribution in [0.2, 0.25) is 0 Å². The quantitative estimate of drug-likeness (QED) is 0.179. The Morgan fingerprint density at radius 2 is 1.57 bits per heavy atom. The van der Waals surface area contributed by atoms with E-state index in [1.54, 1.807) is 6.92 Å². The molecular weight excluding hydrogens is 570 g/mol. The van der Waals surface area contributed by atoms with Crippen LogP contribution in [0.25, 0.3) is 0 Å². The van der Waals surface area contributed by atoms with Gasteiger partial charge in [0, 0.05) is 11.1 Å². The van der Waals surface area contributed by atoms with Crippen molar-refractivity contribution in [2.75, 3.05) is 0 Å². The summed E-state index contributed by atoms with van der Waals surface area (Å²) in [5.41, 5.74) is 4.26. The molecule has 3 heteroatoms. The Bertz CT molecular complexity index is 677. The summed E-state index contributed by atoms with van der Waals surface area (Å²) in [6.07, 6.45) is 6.27. The van der Waals surface area contributed by atoms with E-state index < -0.39 is 0 Å². The van der Waals surface area contributed by atoms with Gasteiger partial charge in [-0.05, 0) is 37.0 Å². The largest absolute Gasteiger partial charge is 2.00 e. The summed E-state index contributed by atoms with van der Waals surface area (Å²) in [6.45, 7) is 13.6. The van der Waals surface area contributed by atoms with E-state index in [0.717, 1.165) is 48.1 Å². The fourth-order valence-corrected chi connectivity index (χ4v) is 2.86. The van der Waals surface area contributed by atoms with Crippen LogP contribution in [0.5, 0.6) is 5.75 Å². The van der Waals surface area contributed by atoms with Gasteiger partial charge in [0.05, 0.1) is 0 Å². The van der Waals surface area contributed by atoms with Crippen LogP contribution in [0.3, 0.4) is 0 Å². The van der Waals surface area contributed by atoms with Gasteiger partial charge in [-0.2, -0.15) is 12.8 Å². The third-order valence-electron chi connectivity index (χ3n) is 4.25. The zero-order chi connectivity index (χ0) is 20.1. The van der Waals surface area contributed by atoms with Crippen molar-refractivity contribution >= 4 is 5.78 Å². The molecule has 0 N–H and O–H groups in total. The minimum atomic E-state index is 0. The van der Waals surface area contributed by atoms with Crippen LogP contribution in [0.15, 0.2) is 42.5 Å². The first-order valence-corrected chi connectivity index (χ1v) is 9.99. The summed E-state index contributed by atoms with van der Waals surface area (Å²) >= 11 is 0. The van der Waals surface area contributed by atoms with Crippen molar-refractivity contribution in [2.24, 2.45) is 0 Å². The molecule has 28 heavy (non-hydrogen) atoms. The summed E-state index contributed by atoms with van der Waals surface area (Å²) in [4.78, 5) is 11.7. The number of Topliss-reactive ketones (excluding diaryl/α,β-unsaturated/α-hetero) is 1. The number of carbonyl (C=O) groups excluding carboxylic acids is 1. The van der Waals surface area contributed by atoms with Crippen molar-refractivity contribution in [3.8, 4) is 5.75 Å². The molecule has 0 atom stereocenters. The van der Waals surface area contributed by atoms with Gasteiger partial charge >= 0.3 is 31.1 Å². The summed E-state index contributed by atoms with van der Waals surface area (Å²) in [7, 11) is 0. The van der Waals surface area contributed by atoms with Gasteiger partial charge in [0.15, 0.2) is 5.78 Å². The van der Waals surface area contributed by atoms with E-state index in [-0.39, 0.29) is 36.9 Å². The number of ketones is 1. The van der Waals surface area contributed by atoms with Crippen molar-refractivity contribution in [1.29, 1.82) is 0 Å². The number of ether oxygens (including phenoxy) is 1. The molecule has 0 unspecified atom stereocenters. The van der Waals surface area contributed by atoms with Gasteiger partial charge in [0.1, 0.15) is 12.4 Å². The molecule has 0 radical (unpaired) electrons. The Morgan fingerprint density at radius 3 is 2.11 bits per heavy atom.